The van der Waals surface area contributed by atoms with Crippen molar-refractivity contribution in [3.8, 4) is 0 Å². The van der Waals surface area contributed by atoms with E-state index >= 15 is 0 Å². The van der Waals surface area contributed by atoms with E-state index < -0.39 is 6.09 Å². The molecule has 18 heavy (non-hydrogen) atoms. The predicted molar refractivity (Wildman–Crippen MR) is 72.2 cm³/mol. The van der Waals surface area contributed by atoms with Crippen LogP contribution < -0.4 is 10.6 Å². The molecule has 0 bridgehead atoms. The molecule has 5 nitrogen and oxygen atoms in total. The van der Waals surface area contributed by atoms with Crippen LogP contribution in [0.3, 0.4) is 0 Å². The van der Waals surface area contributed by atoms with Gasteiger partial charge in [-0.3, -0.25) is 10.1 Å². The minimum Gasteiger partial charge on any atom is -0.450 e. The van der Waals surface area contributed by atoms with Gasteiger partial charge in [0, 0.05) is 10.1 Å². The number of hydrogen-bond donors (Lipinski definition) is 2. The van der Waals surface area contributed by atoms with E-state index in [2.05, 4.69) is 10.6 Å². The molecule has 2 amide bonds. The Bertz CT molecular complexity index is 580. The molecule has 0 unspecified atom stereocenters. The van der Waals surface area contributed by atoms with Crippen LogP contribution in [0.1, 0.15) is 6.92 Å². The number of rotatable bonds is 4. The summed E-state index contributed by atoms with van der Waals surface area (Å²) >= 11 is 1.40. The van der Waals surface area contributed by atoms with Crippen LogP contribution in [0.5, 0.6) is 0 Å². The molecule has 1 aromatic carbocycles. The number of nitrogens with one attached hydrogen (secondary N) is 2. The maximum Gasteiger partial charge on any atom is 0.411 e. The van der Waals surface area contributed by atoms with Gasteiger partial charge < -0.3 is 10.1 Å². The van der Waals surface area contributed by atoms with Gasteiger partial charge in [0.25, 0.3) is 0 Å². The second kappa shape index (κ2) is 5.50. The molecule has 6 heteroatoms. The quantitative estimate of drug-likeness (QED) is 0.834. The SMILES string of the molecule is CCOC(=O)Nc1c(NC=O)sc2ccccc12. The van der Waals surface area contributed by atoms with E-state index in [1.165, 1.54) is 11.3 Å². The Morgan fingerprint density at radius 2 is 2.22 bits per heavy atom. The molecule has 94 valence electrons. The van der Waals surface area contributed by atoms with Gasteiger partial charge in [0.05, 0.1) is 12.3 Å². The van der Waals surface area contributed by atoms with E-state index in [9.17, 15) is 9.59 Å². The molecular weight excluding hydrogens is 252 g/mol. The molecule has 0 fully saturated rings. The lowest BCUT2D eigenvalue weighted by Crippen LogP contribution is -2.14. The highest BCUT2D eigenvalue weighted by molar-refractivity contribution is 7.23. The van der Waals surface area contributed by atoms with Crippen molar-refractivity contribution in [2.75, 3.05) is 17.2 Å². The van der Waals surface area contributed by atoms with Crippen molar-refractivity contribution >= 4 is 44.6 Å². The fourth-order valence-corrected chi connectivity index (χ4v) is 2.61. The fourth-order valence-electron chi connectivity index (χ4n) is 1.59. The number of anilines is 2. The van der Waals surface area contributed by atoms with Crippen molar-refractivity contribution in [2.45, 2.75) is 6.92 Å². The Morgan fingerprint density at radius 1 is 1.44 bits per heavy atom. The summed E-state index contributed by atoms with van der Waals surface area (Å²) in [5.41, 5.74) is 0.571. The van der Waals surface area contributed by atoms with E-state index in [1.807, 2.05) is 24.3 Å². The van der Waals surface area contributed by atoms with Crippen LogP contribution in [0.25, 0.3) is 10.1 Å². The number of hydrogen-bond acceptors (Lipinski definition) is 4. The van der Waals surface area contributed by atoms with Crippen molar-refractivity contribution in [3.05, 3.63) is 24.3 Å². The van der Waals surface area contributed by atoms with Gasteiger partial charge in [-0.05, 0) is 13.0 Å². The summed E-state index contributed by atoms with van der Waals surface area (Å²) < 4.78 is 5.82. The van der Waals surface area contributed by atoms with Crippen molar-refractivity contribution < 1.29 is 14.3 Å². The summed E-state index contributed by atoms with van der Waals surface area (Å²) in [5, 5.41) is 6.70. The maximum absolute atomic E-state index is 11.5. The third-order valence-electron chi connectivity index (χ3n) is 2.29. The Kier molecular flexibility index (Phi) is 3.78. The van der Waals surface area contributed by atoms with Gasteiger partial charge in [0.1, 0.15) is 5.00 Å². The summed E-state index contributed by atoms with van der Waals surface area (Å²) in [6.07, 6.45) is 0.0520. The summed E-state index contributed by atoms with van der Waals surface area (Å²) in [6.45, 7) is 2.03. The lowest BCUT2D eigenvalue weighted by molar-refractivity contribution is -0.105. The van der Waals surface area contributed by atoms with Crippen molar-refractivity contribution in [2.24, 2.45) is 0 Å². The third kappa shape index (κ3) is 2.43. The van der Waals surface area contributed by atoms with Gasteiger partial charge in [-0.25, -0.2) is 4.79 Å². The van der Waals surface area contributed by atoms with Crippen LogP contribution in [0.4, 0.5) is 15.5 Å². The minimum atomic E-state index is -0.532. The number of benzene rings is 1. The molecule has 0 spiro atoms. The fraction of sp³-hybridized carbons (Fsp3) is 0.167. The molecule has 0 radical (unpaired) electrons. The average molecular weight is 264 g/mol. The molecule has 0 atom stereocenters. The minimum absolute atomic E-state index is 0.296. The molecule has 0 saturated carbocycles. The Morgan fingerprint density at radius 3 is 2.94 bits per heavy atom. The first kappa shape index (κ1) is 12.4. The van der Waals surface area contributed by atoms with Crippen LogP contribution in [-0.4, -0.2) is 19.1 Å². The topological polar surface area (TPSA) is 67.4 Å². The van der Waals surface area contributed by atoms with Crippen LogP contribution in [0, 0.1) is 0 Å². The first-order valence-corrected chi connectivity index (χ1v) is 6.23. The lowest BCUT2D eigenvalue weighted by atomic mass is 10.2. The van der Waals surface area contributed by atoms with Crippen LogP contribution in [0.2, 0.25) is 0 Å². The standard InChI is InChI=1S/C12H12N2O3S/c1-2-17-12(16)14-10-8-5-3-4-6-9(8)18-11(10)13-7-15/h3-7H,2H2,1H3,(H,13,15)(H,14,16). The summed E-state index contributed by atoms with van der Waals surface area (Å²) in [5.74, 6) is 0. The highest BCUT2D eigenvalue weighted by Crippen LogP contribution is 2.39. The highest BCUT2D eigenvalue weighted by Gasteiger charge is 2.14. The normalized spacial score (nSPS) is 10.1. The second-order valence-corrected chi connectivity index (χ2v) is 4.46. The number of carbonyl (C=O) groups is 2. The Labute approximate surface area is 108 Å². The van der Waals surface area contributed by atoms with Gasteiger partial charge in [0.15, 0.2) is 0 Å². The van der Waals surface area contributed by atoms with E-state index in [0.717, 1.165) is 10.1 Å². The van der Waals surface area contributed by atoms with E-state index in [1.54, 1.807) is 6.92 Å². The highest BCUT2D eigenvalue weighted by atomic mass is 32.1. The largest absolute Gasteiger partial charge is 0.450 e. The molecule has 2 aromatic rings. The molecule has 2 N–H and O–H groups in total. The van der Waals surface area contributed by atoms with Crippen molar-refractivity contribution in [3.63, 3.8) is 0 Å². The number of carbonyl (C=O) groups excluding carboxylic acids is 2. The van der Waals surface area contributed by atoms with Gasteiger partial charge in [-0.2, -0.15) is 0 Å². The number of fused-ring (bicyclic) bond motifs is 1. The number of thiophene rings is 1. The summed E-state index contributed by atoms with van der Waals surface area (Å²) in [4.78, 5) is 22.0. The maximum atomic E-state index is 11.5. The molecular formula is C12H12N2O3S. The van der Waals surface area contributed by atoms with Crippen LogP contribution in [-0.2, 0) is 9.53 Å². The number of amides is 2. The number of ether oxygens (including phenoxy) is 1. The van der Waals surface area contributed by atoms with Gasteiger partial charge >= 0.3 is 6.09 Å². The molecule has 2 rings (SSSR count). The molecule has 0 aliphatic rings. The van der Waals surface area contributed by atoms with E-state index in [0.29, 0.717) is 23.7 Å². The van der Waals surface area contributed by atoms with Crippen LogP contribution in [0.15, 0.2) is 24.3 Å². The summed E-state index contributed by atoms with van der Waals surface area (Å²) in [7, 11) is 0. The predicted octanol–water partition coefficient (Wildman–Crippen LogP) is 3.04. The first-order valence-electron chi connectivity index (χ1n) is 5.41. The van der Waals surface area contributed by atoms with Crippen molar-refractivity contribution in [1.82, 2.24) is 0 Å². The van der Waals surface area contributed by atoms with Crippen molar-refractivity contribution in [1.29, 1.82) is 0 Å². The van der Waals surface area contributed by atoms with E-state index in [4.69, 9.17) is 4.74 Å². The molecule has 1 aromatic heterocycles. The Hall–Kier alpha value is -2.08. The lowest BCUT2D eigenvalue weighted by Gasteiger charge is -2.06. The van der Waals surface area contributed by atoms with Gasteiger partial charge in [-0.15, -0.1) is 11.3 Å². The second-order valence-electron chi connectivity index (χ2n) is 3.41. The first-order chi connectivity index (χ1) is 8.76. The molecule has 1 heterocycles. The molecule has 0 saturated heterocycles. The third-order valence-corrected chi connectivity index (χ3v) is 3.39. The van der Waals surface area contributed by atoms with Gasteiger partial charge in [-0.1, -0.05) is 18.2 Å². The molecule has 0 aliphatic carbocycles. The van der Waals surface area contributed by atoms with E-state index in [-0.39, 0.29) is 0 Å². The average Bonchev–Trinajstić information content (AvgIpc) is 2.69. The zero-order chi connectivity index (χ0) is 13.0. The zero-order valence-electron chi connectivity index (χ0n) is 9.73. The monoisotopic (exact) mass is 264 g/mol. The van der Waals surface area contributed by atoms with Gasteiger partial charge in [0.2, 0.25) is 6.41 Å². The Balaban J connectivity index is 2.41. The molecule has 0 aliphatic heterocycles. The summed E-state index contributed by atoms with van der Waals surface area (Å²) in [6, 6.07) is 7.57. The smallest absolute Gasteiger partial charge is 0.411 e. The van der Waals surface area contributed by atoms with Crippen LogP contribution >= 0.6 is 11.3 Å². The zero-order valence-corrected chi connectivity index (χ0v) is 10.5.